The average molecular weight is 532 g/mol. The molecule has 2 aromatic rings. The first-order chi connectivity index (χ1) is 14.9. The quantitative estimate of drug-likeness (QED) is 0.389. The molecule has 160 valence electrons. The first-order valence-electron chi connectivity index (χ1n) is 9.94. The Bertz CT molecular complexity index is 1070. The van der Waals surface area contributed by atoms with Gasteiger partial charge in [0.1, 0.15) is 6.04 Å². The van der Waals surface area contributed by atoms with Gasteiger partial charge in [0.2, 0.25) is 17.7 Å². The van der Waals surface area contributed by atoms with Crippen molar-refractivity contribution in [1.29, 1.82) is 0 Å². The molecule has 2 aliphatic heterocycles. The molecule has 2 aliphatic rings. The Morgan fingerprint density at radius 3 is 2.74 bits per heavy atom. The van der Waals surface area contributed by atoms with Crippen LogP contribution < -0.4 is 16.0 Å². The normalized spacial score (nSPS) is 17.9. The van der Waals surface area contributed by atoms with Crippen molar-refractivity contribution in [3.8, 4) is 0 Å². The second kappa shape index (κ2) is 9.04. The van der Waals surface area contributed by atoms with Gasteiger partial charge in [-0.05, 0) is 58.3 Å². The fourth-order valence-corrected chi connectivity index (χ4v) is 4.32. The van der Waals surface area contributed by atoms with Gasteiger partial charge in [0.05, 0.1) is 6.54 Å². The summed E-state index contributed by atoms with van der Waals surface area (Å²) >= 11 is 2.23. The number of amides is 4. The molecule has 0 saturated carbocycles. The van der Waals surface area contributed by atoms with Gasteiger partial charge in [-0.1, -0.05) is 24.3 Å². The van der Waals surface area contributed by atoms with Gasteiger partial charge in [-0.2, -0.15) is 0 Å². The lowest BCUT2D eigenvalue weighted by molar-refractivity contribution is -0.137. The van der Waals surface area contributed by atoms with Crippen LogP contribution in [0.3, 0.4) is 0 Å². The number of imide groups is 1. The SMILES string of the molecule is O=C(CNc1ccc2c(c1)C(=O)N(C1CCC(=O)NC1=O)C2)NCc1ccccc1I. The lowest BCUT2D eigenvalue weighted by Crippen LogP contribution is -2.52. The largest absolute Gasteiger partial charge is 0.376 e. The lowest BCUT2D eigenvalue weighted by Gasteiger charge is -2.29. The predicted octanol–water partition coefficient (Wildman–Crippen LogP) is 1.78. The Hall–Kier alpha value is -2.95. The molecule has 1 saturated heterocycles. The number of hydrogen-bond donors (Lipinski definition) is 3. The molecule has 0 aromatic heterocycles. The number of piperidine rings is 1. The molecule has 1 atom stereocenters. The highest BCUT2D eigenvalue weighted by Crippen LogP contribution is 2.29. The number of rotatable bonds is 6. The highest BCUT2D eigenvalue weighted by molar-refractivity contribution is 14.1. The number of hydrogen-bond acceptors (Lipinski definition) is 5. The van der Waals surface area contributed by atoms with Gasteiger partial charge in [-0.3, -0.25) is 24.5 Å². The summed E-state index contributed by atoms with van der Waals surface area (Å²) in [5.41, 5.74) is 3.03. The molecule has 3 N–H and O–H groups in total. The monoisotopic (exact) mass is 532 g/mol. The van der Waals surface area contributed by atoms with Gasteiger partial charge in [-0.15, -0.1) is 0 Å². The molecule has 31 heavy (non-hydrogen) atoms. The highest BCUT2D eigenvalue weighted by Gasteiger charge is 2.39. The second-order valence-electron chi connectivity index (χ2n) is 7.49. The highest BCUT2D eigenvalue weighted by atomic mass is 127. The zero-order chi connectivity index (χ0) is 22.0. The summed E-state index contributed by atoms with van der Waals surface area (Å²) in [6.45, 7) is 0.855. The van der Waals surface area contributed by atoms with Crippen LogP contribution in [0.15, 0.2) is 42.5 Å². The Morgan fingerprint density at radius 2 is 1.97 bits per heavy atom. The number of fused-ring (bicyclic) bond motifs is 1. The zero-order valence-corrected chi connectivity index (χ0v) is 18.8. The fourth-order valence-electron chi connectivity index (χ4n) is 3.75. The Balaban J connectivity index is 1.34. The van der Waals surface area contributed by atoms with Crippen LogP contribution in [0.5, 0.6) is 0 Å². The van der Waals surface area contributed by atoms with Crippen LogP contribution >= 0.6 is 22.6 Å². The van der Waals surface area contributed by atoms with Crippen LogP contribution in [0, 0.1) is 3.57 Å². The maximum absolute atomic E-state index is 12.9. The molecule has 0 bridgehead atoms. The molecule has 8 nitrogen and oxygen atoms in total. The van der Waals surface area contributed by atoms with E-state index in [1.807, 2.05) is 36.4 Å². The topological polar surface area (TPSA) is 108 Å². The number of carbonyl (C=O) groups is 4. The van der Waals surface area contributed by atoms with Crippen molar-refractivity contribution in [2.24, 2.45) is 0 Å². The summed E-state index contributed by atoms with van der Waals surface area (Å²) in [5.74, 6) is -1.13. The first kappa shape index (κ1) is 21.3. The number of carbonyl (C=O) groups excluding carboxylic acids is 4. The number of halogens is 1. The molecule has 9 heteroatoms. The van der Waals surface area contributed by atoms with Crippen molar-refractivity contribution in [3.63, 3.8) is 0 Å². The maximum Gasteiger partial charge on any atom is 0.255 e. The number of anilines is 1. The van der Waals surface area contributed by atoms with Gasteiger partial charge in [-0.25, -0.2) is 0 Å². The van der Waals surface area contributed by atoms with Crippen LogP contribution in [0.4, 0.5) is 5.69 Å². The minimum Gasteiger partial charge on any atom is -0.376 e. The van der Waals surface area contributed by atoms with E-state index in [2.05, 4.69) is 38.5 Å². The van der Waals surface area contributed by atoms with Gasteiger partial charge in [0, 0.05) is 34.3 Å². The van der Waals surface area contributed by atoms with E-state index >= 15 is 0 Å². The van der Waals surface area contributed by atoms with E-state index in [0.717, 1.165) is 14.7 Å². The summed E-state index contributed by atoms with van der Waals surface area (Å²) in [6.07, 6.45) is 0.552. The van der Waals surface area contributed by atoms with Crippen molar-refractivity contribution in [3.05, 3.63) is 62.7 Å². The minimum atomic E-state index is -0.638. The van der Waals surface area contributed by atoms with E-state index in [4.69, 9.17) is 0 Å². The molecule has 4 rings (SSSR count). The summed E-state index contributed by atoms with van der Waals surface area (Å²) in [5, 5.41) is 8.22. The van der Waals surface area contributed by atoms with Crippen molar-refractivity contribution in [1.82, 2.24) is 15.5 Å². The summed E-state index contributed by atoms with van der Waals surface area (Å²) in [7, 11) is 0. The summed E-state index contributed by atoms with van der Waals surface area (Å²) < 4.78 is 1.09. The number of nitrogens with zero attached hydrogens (tertiary/aromatic N) is 1. The van der Waals surface area contributed by atoms with E-state index in [1.165, 1.54) is 4.90 Å². The fraction of sp³-hybridized carbons (Fsp3) is 0.273. The van der Waals surface area contributed by atoms with Crippen LogP contribution in [-0.4, -0.2) is 41.1 Å². The zero-order valence-electron chi connectivity index (χ0n) is 16.6. The molecule has 0 radical (unpaired) electrons. The molecule has 2 aromatic carbocycles. The molecule has 0 spiro atoms. The van der Waals surface area contributed by atoms with E-state index in [9.17, 15) is 19.2 Å². The van der Waals surface area contributed by atoms with Crippen LogP contribution in [0.1, 0.15) is 34.3 Å². The molecular formula is C22H21IN4O4. The van der Waals surface area contributed by atoms with Crippen LogP contribution in [-0.2, 0) is 27.5 Å². The molecule has 1 unspecified atom stereocenters. The Kier molecular flexibility index (Phi) is 6.21. The van der Waals surface area contributed by atoms with Crippen LogP contribution in [0.2, 0.25) is 0 Å². The smallest absolute Gasteiger partial charge is 0.255 e. The van der Waals surface area contributed by atoms with E-state index in [-0.39, 0.29) is 30.7 Å². The Labute approximate surface area is 192 Å². The van der Waals surface area contributed by atoms with Crippen molar-refractivity contribution < 1.29 is 19.2 Å². The summed E-state index contributed by atoms with van der Waals surface area (Å²) in [4.78, 5) is 50.1. The molecule has 0 aliphatic carbocycles. The standard InChI is InChI=1S/C22H21IN4O4/c23-17-4-2-1-3-13(17)10-25-20(29)11-24-15-6-5-14-12-27(22(31)16(14)9-15)18-7-8-19(28)26-21(18)30/h1-6,9,18,24H,7-8,10-12H2,(H,25,29)(H,26,28,30). The van der Waals surface area contributed by atoms with Gasteiger partial charge >= 0.3 is 0 Å². The van der Waals surface area contributed by atoms with Crippen molar-refractivity contribution >= 4 is 51.9 Å². The third-order valence-electron chi connectivity index (χ3n) is 5.42. The third-order valence-corrected chi connectivity index (χ3v) is 6.47. The van der Waals surface area contributed by atoms with Gasteiger partial charge in [0.25, 0.3) is 5.91 Å². The Morgan fingerprint density at radius 1 is 1.16 bits per heavy atom. The third kappa shape index (κ3) is 4.71. The molecule has 4 amide bonds. The molecule has 1 fully saturated rings. The van der Waals surface area contributed by atoms with Gasteiger partial charge < -0.3 is 15.5 Å². The second-order valence-corrected chi connectivity index (χ2v) is 8.66. The van der Waals surface area contributed by atoms with Crippen molar-refractivity contribution in [2.45, 2.75) is 32.0 Å². The van der Waals surface area contributed by atoms with E-state index < -0.39 is 11.9 Å². The molecular weight excluding hydrogens is 511 g/mol. The summed E-state index contributed by atoms with van der Waals surface area (Å²) in [6, 6.07) is 12.5. The number of benzene rings is 2. The number of nitrogens with one attached hydrogen (secondary N) is 3. The van der Waals surface area contributed by atoms with Crippen LogP contribution in [0.25, 0.3) is 0 Å². The predicted molar refractivity (Wildman–Crippen MR) is 122 cm³/mol. The van der Waals surface area contributed by atoms with E-state index in [0.29, 0.717) is 30.8 Å². The maximum atomic E-state index is 12.9. The van der Waals surface area contributed by atoms with E-state index in [1.54, 1.807) is 6.07 Å². The van der Waals surface area contributed by atoms with Gasteiger partial charge in [0.15, 0.2) is 0 Å². The molecule has 2 heterocycles. The lowest BCUT2D eigenvalue weighted by atomic mass is 10.0. The first-order valence-corrected chi connectivity index (χ1v) is 11.0. The van der Waals surface area contributed by atoms with Crippen molar-refractivity contribution in [2.75, 3.05) is 11.9 Å². The minimum absolute atomic E-state index is 0.0766. The average Bonchev–Trinajstić information content (AvgIpc) is 3.07.